The molecule has 15 heavy (non-hydrogen) atoms. The van der Waals surface area contributed by atoms with Crippen LogP contribution in [0.2, 0.25) is 18.5 Å². The first-order valence-corrected chi connectivity index (χ1v) is 6.88. The summed E-state index contributed by atoms with van der Waals surface area (Å²) < 4.78 is 0. The van der Waals surface area contributed by atoms with E-state index in [2.05, 4.69) is 41.4 Å². The SMILES string of the molecule is CCCCCC(C)CCB(C)C(C)(C)C. The molecule has 0 spiro atoms. The third-order valence-electron chi connectivity index (χ3n) is 3.87. The van der Waals surface area contributed by atoms with Crippen LogP contribution in [0.3, 0.4) is 0 Å². The van der Waals surface area contributed by atoms with Crippen molar-refractivity contribution in [3.8, 4) is 0 Å². The molecule has 0 fully saturated rings. The van der Waals surface area contributed by atoms with Gasteiger partial charge in [0, 0.05) is 0 Å². The average molecular weight is 210 g/mol. The lowest BCUT2D eigenvalue weighted by Crippen LogP contribution is -2.21. The van der Waals surface area contributed by atoms with Crippen LogP contribution in [0.5, 0.6) is 0 Å². The molecule has 0 rings (SSSR count). The van der Waals surface area contributed by atoms with Crippen LogP contribution in [0, 0.1) is 5.92 Å². The second kappa shape index (κ2) is 7.36. The van der Waals surface area contributed by atoms with E-state index in [1.54, 1.807) is 0 Å². The van der Waals surface area contributed by atoms with Crippen LogP contribution in [-0.4, -0.2) is 6.71 Å². The summed E-state index contributed by atoms with van der Waals surface area (Å²) in [6.45, 7) is 15.0. The topological polar surface area (TPSA) is 0 Å². The zero-order valence-corrected chi connectivity index (χ0v) is 11.9. The highest BCUT2D eigenvalue weighted by Crippen LogP contribution is 2.31. The van der Waals surface area contributed by atoms with Crippen LogP contribution in [0.15, 0.2) is 0 Å². The van der Waals surface area contributed by atoms with Gasteiger partial charge in [0.15, 0.2) is 0 Å². The molecule has 0 amide bonds. The van der Waals surface area contributed by atoms with E-state index < -0.39 is 0 Å². The van der Waals surface area contributed by atoms with E-state index in [4.69, 9.17) is 0 Å². The van der Waals surface area contributed by atoms with Gasteiger partial charge in [-0.3, -0.25) is 0 Å². The predicted molar refractivity (Wildman–Crippen MR) is 74.1 cm³/mol. The molecule has 0 aliphatic heterocycles. The molecule has 90 valence electrons. The van der Waals surface area contributed by atoms with E-state index in [9.17, 15) is 0 Å². The minimum absolute atomic E-state index is 0.489. The summed E-state index contributed by atoms with van der Waals surface area (Å²) in [5.74, 6) is 0.932. The minimum atomic E-state index is 0.489. The lowest BCUT2D eigenvalue weighted by Gasteiger charge is -2.25. The molecule has 0 aliphatic rings. The van der Waals surface area contributed by atoms with Crippen LogP contribution < -0.4 is 0 Å². The molecular formula is C14H31B. The predicted octanol–water partition coefficient (Wildman–Crippen LogP) is 5.52. The fourth-order valence-corrected chi connectivity index (χ4v) is 1.85. The molecule has 0 bridgehead atoms. The van der Waals surface area contributed by atoms with Crippen LogP contribution in [0.4, 0.5) is 0 Å². The summed E-state index contributed by atoms with van der Waals surface area (Å²) in [5, 5.41) is 0.489. The average Bonchev–Trinajstić information content (AvgIpc) is 2.13. The number of rotatable bonds is 7. The summed E-state index contributed by atoms with van der Waals surface area (Å²) in [4.78, 5) is 0. The summed E-state index contributed by atoms with van der Waals surface area (Å²) in [6.07, 6.45) is 8.45. The summed E-state index contributed by atoms with van der Waals surface area (Å²) in [7, 11) is 0. The molecule has 0 saturated heterocycles. The quantitative estimate of drug-likeness (QED) is 0.383. The van der Waals surface area contributed by atoms with E-state index in [0.717, 1.165) is 12.6 Å². The summed E-state index contributed by atoms with van der Waals surface area (Å²) in [6, 6.07) is 0. The van der Waals surface area contributed by atoms with E-state index in [1.807, 2.05) is 0 Å². The van der Waals surface area contributed by atoms with E-state index in [0.29, 0.717) is 5.31 Å². The van der Waals surface area contributed by atoms with Crippen molar-refractivity contribution in [1.29, 1.82) is 0 Å². The van der Waals surface area contributed by atoms with Crippen LogP contribution in [-0.2, 0) is 0 Å². The van der Waals surface area contributed by atoms with Crippen molar-refractivity contribution in [2.75, 3.05) is 0 Å². The molecule has 0 aromatic carbocycles. The Kier molecular flexibility index (Phi) is 7.39. The van der Waals surface area contributed by atoms with Crippen molar-refractivity contribution in [3.63, 3.8) is 0 Å². The molecule has 1 heteroatoms. The Morgan fingerprint density at radius 1 is 1.07 bits per heavy atom. The molecule has 1 atom stereocenters. The maximum atomic E-state index is 2.42. The number of unbranched alkanes of at least 4 members (excludes halogenated alkanes) is 2. The van der Waals surface area contributed by atoms with Crippen molar-refractivity contribution in [2.24, 2.45) is 5.92 Å². The van der Waals surface area contributed by atoms with Crippen molar-refractivity contribution in [3.05, 3.63) is 0 Å². The Morgan fingerprint density at radius 2 is 1.67 bits per heavy atom. The van der Waals surface area contributed by atoms with Crippen LogP contribution in [0.1, 0.15) is 66.7 Å². The first-order chi connectivity index (χ1) is 6.88. The van der Waals surface area contributed by atoms with Gasteiger partial charge in [0.1, 0.15) is 6.71 Å². The lowest BCUT2D eigenvalue weighted by atomic mass is 9.34. The Labute approximate surface area is 98.3 Å². The minimum Gasteiger partial charge on any atom is -0.0857 e. The highest BCUT2D eigenvalue weighted by Gasteiger charge is 2.23. The zero-order chi connectivity index (χ0) is 11.9. The fourth-order valence-electron chi connectivity index (χ4n) is 1.85. The second-order valence-corrected chi connectivity index (χ2v) is 6.45. The second-order valence-electron chi connectivity index (χ2n) is 6.45. The van der Waals surface area contributed by atoms with E-state index in [-0.39, 0.29) is 0 Å². The highest BCUT2D eigenvalue weighted by atomic mass is 14.1. The van der Waals surface area contributed by atoms with Gasteiger partial charge in [-0.05, 0) is 5.92 Å². The molecule has 1 unspecified atom stereocenters. The maximum absolute atomic E-state index is 2.42. The van der Waals surface area contributed by atoms with Crippen LogP contribution >= 0.6 is 0 Å². The molecular weight excluding hydrogens is 179 g/mol. The van der Waals surface area contributed by atoms with Crippen molar-refractivity contribution in [1.82, 2.24) is 0 Å². The highest BCUT2D eigenvalue weighted by molar-refractivity contribution is 6.60. The van der Waals surface area contributed by atoms with Crippen molar-refractivity contribution in [2.45, 2.75) is 85.2 Å². The first-order valence-electron chi connectivity index (χ1n) is 6.88. The summed E-state index contributed by atoms with van der Waals surface area (Å²) in [5.41, 5.74) is 0. The Balaban J connectivity index is 3.57. The molecule has 0 aromatic heterocycles. The fraction of sp³-hybridized carbons (Fsp3) is 1.00. The molecule has 0 saturated carbocycles. The molecule has 0 aromatic rings. The smallest absolute Gasteiger partial charge is 0.0857 e. The summed E-state index contributed by atoms with van der Waals surface area (Å²) >= 11 is 0. The van der Waals surface area contributed by atoms with Crippen LogP contribution in [0.25, 0.3) is 0 Å². The normalized spacial score (nSPS) is 14.0. The molecule has 0 N–H and O–H groups in total. The van der Waals surface area contributed by atoms with Crippen molar-refractivity contribution >= 4 is 6.71 Å². The van der Waals surface area contributed by atoms with Gasteiger partial charge in [-0.15, -0.1) is 0 Å². The van der Waals surface area contributed by atoms with Gasteiger partial charge < -0.3 is 0 Å². The van der Waals surface area contributed by atoms with Gasteiger partial charge in [0.25, 0.3) is 0 Å². The molecule has 0 heterocycles. The Morgan fingerprint density at radius 3 is 2.13 bits per heavy atom. The van der Waals surface area contributed by atoms with E-state index >= 15 is 0 Å². The monoisotopic (exact) mass is 210 g/mol. The van der Waals surface area contributed by atoms with Crippen molar-refractivity contribution < 1.29 is 0 Å². The molecule has 0 aliphatic carbocycles. The molecule has 0 radical (unpaired) electrons. The number of hydrogen-bond acceptors (Lipinski definition) is 0. The Hall–Kier alpha value is 0.0649. The third-order valence-corrected chi connectivity index (χ3v) is 3.87. The van der Waals surface area contributed by atoms with Gasteiger partial charge in [0.05, 0.1) is 0 Å². The lowest BCUT2D eigenvalue weighted by molar-refractivity contribution is 0.479. The van der Waals surface area contributed by atoms with Gasteiger partial charge in [-0.25, -0.2) is 0 Å². The first kappa shape index (κ1) is 15.1. The Bertz CT molecular complexity index is 146. The third kappa shape index (κ3) is 7.93. The van der Waals surface area contributed by atoms with Gasteiger partial charge in [-0.1, -0.05) is 85.2 Å². The maximum Gasteiger partial charge on any atom is 0.142 e. The standard InChI is InChI=1S/C14H31B/c1-7-8-9-10-13(2)11-12-15(6)14(3,4)5/h13H,7-12H2,1-6H3. The largest absolute Gasteiger partial charge is 0.142 e. The molecule has 0 nitrogen and oxygen atoms in total. The number of hydrogen-bond donors (Lipinski definition) is 0. The van der Waals surface area contributed by atoms with Gasteiger partial charge >= 0.3 is 0 Å². The van der Waals surface area contributed by atoms with Gasteiger partial charge in [0.2, 0.25) is 0 Å². The van der Waals surface area contributed by atoms with E-state index in [1.165, 1.54) is 38.4 Å². The van der Waals surface area contributed by atoms with Gasteiger partial charge in [-0.2, -0.15) is 0 Å². The zero-order valence-electron chi connectivity index (χ0n) is 11.9.